The molecule has 2 aromatic carbocycles. The van der Waals surface area contributed by atoms with Gasteiger partial charge in [0.2, 0.25) is 0 Å². The van der Waals surface area contributed by atoms with Gasteiger partial charge in [-0.05, 0) is 24.7 Å². The Morgan fingerprint density at radius 3 is 2.67 bits per heavy atom. The number of fused-ring (bicyclic) bond motifs is 1. The average molecular weight is 403 g/mol. The number of ether oxygens (including phenoxy) is 1. The van der Waals surface area contributed by atoms with Crippen LogP contribution in [0.5, 0.6) is 5.75 Å². The minimum atomic E-state index is -0.183. The highest BCUT2D eigenvalue weighted by Crippen LogP contribution is 2.34. The molecule has 0 aliphatic carbocycles. The number of benzene rings is 2. The number of aromatic nitrogens is 2. The van der Waals surface area contributed by atoms with Crippen LogP contribution in [0.25, 0.3) is 0 Å². The van der Waals surface area contributed by atoms with Crippen LogP contribution in [0.1, 0.15) is 22.0 Å². The van der Waals surface area contributed by atoms with Crippen molar-refractivity contribution < 1.29 is 9.53 Å². The molecule has 0 saturated heterocycles. The van der Waals surface area contributed by atoms with Crippen LogP contribution in [0.2, 0.25) is 0 Å². The van der Waals surface area contributed by atoms with Gasteiger partial charge in [0, 0.05) is 32.9 Å². The molecular weight excluding hydrogens is 378 g/mol. The number of anilines is 2. The Kier molecular flexibility index (Phi) is 5.90. The molecule has 1 aromatic heterocycles. The van der Waals surface area contributed by atoms with E-state index >= 15 is 0 Å². The SMILES string of the molecule is CNCC(Oc1ccccc1N1CCN(C)c2ncncc2C1=O)c1ccccc1. The Labute approximate surface area is 176 Å². The van der Waals surface area contributed by atoms with Crippen molar-refractivity contribution in [1.82, 2.24) is 15.3 Å². The van der Waals surface area contributed by atoms with E-state index in [1.54, 1.807) is 11.1 Å². The first-order valence-corrected chi connectivity index (χ1v) is 9.97. The fourth-order valence-electron chi connectivity index (χ4n) is 3.62. The topological polar surface area (TPSA) is 70.6 Å². The summed E-state index contributed by atoms with van der Waals surface area (Å²) in [6.45, 7) is 1.82. The van der Waals surface area contributed by atoms with Crippen molar-refractivity contribution in [3.63, 3.8) is 0 Å². The van der Waals surface area contributed by atoms with Crippen LogP contribution < -0.4 is 19.9 Å². The maximum atomic E-state index is 13.4. The summed E-state index contributed by atoms with van der Waals surface area (Å²) in [6.07, 6.45) is 2.87. The monoisotopic (exact) mass is 403 g/mol. The van der Waals surface area contributed by atoms with E-state index in [1.165, 1.54) is 6.33 Å². The zero-order chi connectivity index (χ0) is 20.9. The number of para-hydroxylation sites is 2. The molecule has 0 spiro atoms. The summed E-state index contributed by atoms with van der Waals surface area (Å²) in [5, 5.41) is 3.19. The van der Waals surface area contributed by atoms with E-state index < -0.39 is 0 Å². The molecule has 1 N–H and O–H groups in total. The van der Waals surface area contributed by atoms with E-state index in [1.807, 2.05) is 73.6 Å². The van der Waals surface area contributed by atoms with Crippen LogP contribution in [0.15, 0.2) is 67.1 Å². The molecule has 1 aliphatic rings. The maximum absolute atomic E-state index is 13.4. The van der Waals surface area contributed by atoms with Crippen molar-refractivity contribution in [3.05, 3.63) is 78.2 Å². The third-order valence-electron chi connectivity index (χ3n) is 5.17. The fourth-order valence-corrected chi connectivity index (χ4v) is 3.62. The van der Waals surface area contributed by atoms with Crippen LogP contribution in [0.3, 0.4) is 0 Å². The number of carbonyl (C=O) groups is 1. The molecule has 1 atom stereocenters. The molecule has 2 heterocycles. The number of carbonyl (C=O) groups excluding carboxylic acids is 1. The summed E-state index contributed by atoms with van der Waals surface area (Å²) >= 11 is 0. The number of nitrogens with zero attached hydrogens (tertiary/aromatic N) is 4. The third kappa shape index (κ3) is 3.97. The average Bonchev–Trinajstić information content (AvgIpc) is 2.91. The highest BCUT2D eigenvalue weighted by Gasteiger charge is 2.29. The lowest BCUT2D eigenvalue weighted by Gasteiger charge is -2.26. The molecule has 1 unspecified atom stereocenters. The number of hydrogen-bond donors (Lipinski definition) is 1. The Morgan fingerprint density at radius 2 is 1.87 bits per heavy atom. The molecule has 0 radical (unpaired) electrons. The second-order valence-electron chi connectivity index (χ2n) is 7.18. The van der Waals surface area contributed by atoms with Gasteiger partial charge in [-0.2, -0.15) is 0 Å². The van der Waals surface area contributed by atoms with Crippen molar-refractivity contribution in [2.75, 3.05) is 43.5 Å². The lowest BCUT2D eigenvalue weighted by atomic mass is 10.1. The Morgan fingerprint density at radius 1 is 1.10 bits per heavy atom. The summed E-state index contributed by atoms with van der Waals surface area (Å²) in [5.74, 6) is 1.18. The molecule has 7 nitrogen and oxygen atoms in total. The summed E-state index contributed by atoms with van der Waals surface area (Å²) in [4.78, 5) is 25.5. The second-order valence-corrected chi connectivity index (χ2v) is 7.18. The maximum Gasteiger partial charge on any atom is 0.263 e. The van der Waals surface area contributed by atoms with Gasteiger partial charge in [-0.25, -0.2) is 9.97 Å². The zero-order valence-electron chi connectivity index (χ0n) is 17.2. The smallest absolute Gasteiger partial charge is 0.263 e. The van der Waals surface area contributed by atoms with Crippen molar-refractivity contribution in [2.24, 2.45) is 0 Å². The van der Waals surface area contributed by atoms with Gasteiger partial charge in [-0.1, -0.05) is 42.5 Å². The van der Waals surface area contributed by atoms with Gasteiger partial charge in [-0.3, -0.25) is 4.79 Å². The molecule has 3 aromatic rings. The van der Waals surface area contributed by atoms with Gasteiger partial charge in [0.1, 0.15) is 29.6 Å². The van der Waals surface area contributed by atoms with Crippen LogP contribution in [-0.2, 0) is 0 Å². The largest absolute Gasteiger partial charge is 0.482 e. The van der Waals surface area contributed by atoms with E-state index in [2.05, 4.69) is 15.3 Å². The van der Waals surface area contributed by atoms with Crippen molar-refractivity contribution in [3.8, 4) is 5.75 Å². The van der Waals surface area contributed by atoms with Crippen molar-refractivity contribution >= 4 is 17.4 Å². The summed E-state index contributed by atoms with van der Waals surface area (Å²) < 4.78 is 6.43. The van der Waals surface area contributed by atoms with Gasteiger partial charge in [0.05, 0.1) is 5.69 Å². The Bertz CT molecular complexity index is 1010. The van der Waals surface area contributed by atoms with E-state index in [0.29, 0.717) is 36.8 Å². The predicted molar refractivity (Wildman–Crippen MR) is 117 cm³/mol. The summed E-state index contributed by atoms with van der Waals surface area (Å²) in [6, 6.07) is 17.7. The summed E-state index contributed by atoms with van der Waals surface area (Å²) in [7, 11) is 3.83. The minimum Gasteiger partial charge on any atom is -0.482 e. The van der Waals surface area contributed by atoms with Crippen LogP contribution in [-0.4, -0.2) is 49.6 Å². The quantitative estimate of drug-likeness (QED) is 0.683. The zero-order valence-corrected chi connectivity index (χ0v) is 17.2. The van der Waals surface area contributed by atoms with Crippen molar-refractivity contribution in [1.29, 1.82) is 0 Å². The van der Waals surface area contributed by atoms with Crippen molar-refractivity contribution in [2.45, 2.75) is 6.10 Å². The molecule has 7 heteroatoms. The van der Waals surface area contributed by atoms with E-state index in [4.69, 9.17) is 4.74 Å². The van der Waals surface area contributed by atoms with E-state index in [0.717, 1.165) is 11.3 Å². The first kappa shape index (κ1) is 19.8. The third-order valence-corrected chi connectivity index (χ3v) is 5.17. The fraction of sp³-hybridized carbons (Fsp3) is 0.261. The predicted octanol–water partition coefficient (Wildman–Crippen LogP) is 2.91. The van der Waals surface area contributed by atoms with Gasteiger partial charge in [0.15, 0.2) is 0 Å². The number of hydrogen-bond acceptors (Lipinski definition) is 6. The molecule has 1 aliphatic heterocycles. The summed E-state index contributed by atoms with van der Waals surface area (Å²) in [5.41, 5.74) is 2.30. The van der Waals surface area contributed by atoms with Crippen LogP contribution >= 0.6 is 0 Å². The molecule has 154 valence electrons. The van der Waals surface area contributed by atoms with Gasteiger partial charge in [-0.15, -0.1) is 0 Å². The number of nitrogens with one attached hydrogen (secondary N) is 1. The second kappa shape index (κ2) is 8.92. The lowest BCUT2D eigenvalue weighted by Crippen LogP contribution is -2.34. The molecule has 0 bridgehead atoms. The Hall–Kier alpha value is -3.45. The van der Waals surface area contributed by atoms with Crippen LogP contribution in [0.4, 0.5) is 11.5 Å². The van der Waals surface area contributed by atoms with E-state index in [-0.39, 0.29) is 12.0 Å². The lowest BCUT2D eigenvalue weighted by molar-refractivity contribution is 0.0988. The molecule has 0 fully saturated rings. The highest BCUT2D eigenvalue weighted by atomic mass is 16.5. The molecule has 1 amide bonds. The highest BCUT2D eigenvalue weighted by molar-refractivity contribution is 6.10. The first-order chi connectivity index (χ1) is 14.7. The molecule has 0 saturated carbocycles. The molecule has 30 heavy (non-hydrogen) atoms. The minimum absolute atomic E-state index is 0.129. The molecular formula is C23H25N5O2. The Balaban J connectivity index is 1.69. The van der Waals surface area contributed by atoms with Crippen LogP contribution in [0, 0.1) is 0 Å². The first-order valence-electron chi connectivity index (χ1n) is 9.97. The van der Waals surface area contributed by atoms with Gasteiger partial charge < -0.3 is 19.9 Å². The van der Waals surface area contributed by atoms with Gasteiger partial charge in [0.25, 0.3) is 5.91 Å². The number of amides is 1. The standard InChI is InChI=1S/C23H25N5O2/c1-24-15-21(17-8-4-3-5-9-17)30-20-11-7-6-10-19(20)28-13-12-27(2)22-18(23(28)29)14-25-16-26-22/h3-11,14,16,21,24H,12-13,15H2,1-2H3. The normalized spacial score (nSPS) is 14.8. The van der Waals surface area contributed by atoms with Gasteiger partial charge >= 0.3 is 0 Å². The van der Waals surface area contributed by atoms with E-state index in [9.17, 15) is 4.79 Å². The number of likely N-dealkylation sites (N-methyl/N-ethyl adjacent to an activating group) is 2. The molecule has 4 rings (SSSR count). The number of rotatable bonds is 6.